The minimum Gasteiger partial charge on any atom is -0.495 e. The Kier molecular flexibility index (Phi) is 5.21. The van der Waals surface area contributed by atoms with Gasteiger partial charge in [0, 0.05) is 6.20 Å². The molecule has 8 heteroatoms. The molecule has 0 spiro atoms. The SMILES string of the molecule is COc1cc(C2CCNCC2)ccc1Nc1ncc(F)c(-c2cnc3ccccn23)n1. The monoisotopic (exact) mass is 418 g/mol. The molecule has 3 aromatic heterocycles. The zero-order chi connectivity index (χ0) is 21.2. The highest BCUT2D eigenvalue weighted by Gasteiger charge is 2.18. The predicted octanol–water partition coefficient (Wildman–Crippen LogP) is 4.15. The standard InChI is InChI=1S/C23H23FN6O/c1-31-20-12-16(15-7-9-25-10-8-15)5-6-18(20)28-23-27-13-17(24)22(29-23)19-14-26-21-4-2-3-11-30(19)21/h2-6,11-15,25H,7-10H2,1H3,(H,27,28,29). The zero-order valence-corrected chi connectivity index (χ0v) is 17.2. The second-order valence-electron chi connectivity index (χ2n) is 7.57. The van der Waals surface area contributed by atoms with Crippen LogP contribution < -0.4 is 15.4 Å². The van der Waals surface area contributed by atoms with Crippen molar-refractivity contribution in [2.75, 3.05) is 25.5 Å². The molecule has 7 nitrogen and oxygen atoms in total. The summed E-state index contributed by atoms with van der Waals surface area (Å²) in [6.45, 7) is 2.06. The maximum atomic E-state index is 14.6. The first-order valence-corrected chi connectivity index (χ1v) is 10.3. The van der Waals surface area contributed by atoms with E-state index < -0.39 is 5.82 Å². The van der Waals surface area contributed by atoms with Gasteiger partial charge in [0.05, 0.1) is 30.9 Å². The summed E-state index contributed by atoms with van der Waals surface area (Å²) in [5, 5.41) is 6.57. The van der Waals surface area contributed by atoms with Crippen LogP contribution in [0.3, 0.4) is 0 Å². The van der Waals surface area contributed by atoms with E-state index >= 15 is 0 Å². The number of rotatable bonds is 5. The highest BCUT2D eigenvalue weighted by Crippen LogP contribution is 2.34. The van der Waals surface area contributed by atoms with E-state index in [4.69, 9.17) is 4.74 Å². The molecule has 1 aliphatic rings. The third-order valence-electron chi connectivity index (χ3n) is 5.69. The van der Waals surface area contributed by atoms with Crippen LogP contribution in [0.5, 0.6) is 5.75 Å². The molecule has 0 saturated carbocycles. The van der Waals surface area contributed by atoms with Crippen molar-refractivity contribution in [2.24, 2.45) is 0 Å². The van der Waals surface area contributed by atoms with Crippen LogP contribution in [0.1, 0.15) is 24.3 Å². The normalized spacial score (nSPS) is 14.6. The lowest BCUT2D eigenvalue weighted by Gasteiger charge is -2.24. The van der Waals surface area contributed by atoms with Crippen LogP contribution in [-0.2, 0) is 0 Å². The van der Waals surface area contributed by atoms with Crippen molar-refractivity contribution in [1.82, 2.24) is 24.7 Å². The minimum atomic E-state index is -0.510. The van der Waals surface area contributed by atoms with Gasteiger partial charge in [0.1, 0.15) is 17.1 Å². The molecule has 4 aromatic rings. The number of halogens is 1. The number of nitrogens with one attached hydrogen (secondary N) is 2. The summed E-state index contributed by atoms with van der Waals surface area (Å²) >= 11 is 0. The maximum Gasteiger partial charge on any atom is 0.228 e. The molecule has 1 saturated heterocycles. The maximum absolute atomic E-state index is 14.6. The molecule has 1 aromatic carbocycles. The molecule has 5 rings (SSSR count). The van der Waals surface area contributed by atoms with Gasteiger partial charge in [-0.05, 0) is 61.7 Å². The van der Waals surface area contributed by atoms with Crippen LogP contribution in [0.2, 0.25) is 0 Å². The number of nitrogens with zero attached hydrogens (tertiary/aromatic N) is 4. The second kappa shape index (κ2) is 8.31. The summed E-state index contributed by atoms with van der Waals surface area (Å²) in [7, 11) is 1.64. The molecule has 0 radical (unpaired) electrons. The Hall–Kier alpha value is -3.52. The number of benzene rings is 1. The van der Waals surface area contributed by atoms with E-state index in [1.165, 1.54) is 11.8 Å². The Balaban J connectivity index is 1.46. The first kappa shape index (κ1) is 19.4. The fourth-order valence-corrected chi connectivity index (χ4v) is 4.06. The molecule has 0 aliphatic carbocycles. The van der Waals surface area contributed by atoms with Gasteiger partial charge in [-0.3, -0.25) is 4.40 Å². The summed E-state index contributed by atoms with van der Waals surface area (Å²) < 4.78 is 22.0. The van der Waals surface area contributed by atoms with E-state index in [0.29, 0.717) is 17.4 Å². The smallest absolute Gasteiger partial charge is 0.228 e. The fourth-order valence-electron chi connectivity index (χ4n) is 4.06. The van der Waals surface area contributed by atoms with Crippen molar-refractivity contribution in [1.29, 1.82) is 0 Å². The molecule has 4 heterocycles. The number of fused-ring (bicyclic) bond motifs is 1. The van der Waals surface area contributed by atoms with Gasteiger partial charge in [-0.25, -0.2) is 19.3 Å². The van der Waals surface area contributed by atoms with E-state index in [0.717, 1.165) is 37.3 Å². The van der Waals surface area contributed by atoms with Gasteiger partial charge < -0.3 is 15.4 Å². The van der Waals surface area contributed by atoms with Crippen LogP contribution >= 0.6 is 0 Å². The lowest BCUT2D eigenvalue weighted by Crippen LogP contribution is -2.26. The van der Waals surface area contributed by atoms with Crippen LogP contribution in [0.4, 0.5) is 16.0 Å². The number of imidazole rings is 1. The van der Waals surface area contributed by atoms with Crippen LogP contribution in [0.15, 0.2) is 55.0 Å². The Morgan fingerprint density at radius 1 is 1.13 bits per heavy atom. The highest BCUT2D eigenvalue weighted by atomic mass is 19.1. The largest absolute Gasteiger partial charge is 0.495 e. The Labute approximate surface area is 179 Å². The van der Waals surface area contributed by atoms with Gasteiger partial charge in [0.15, 0.2) is 5.82 Å². The van der Waals surface area contributed by atoms with Crippen molar-refractivity contribution in [2.45, 2.75) is 18.8 Å². The number of anilines is 2. The summed E-state index contributed by atoms with van der Waals surface area (Å²) in [4.78, 5) is 12.9. The third kappa shape index (κ3) is 3.82. The first-order valence-electron chi connectivity index (χ1n) is 10.3. The van der Waals surface area contributed by atoms with Crippen molar-refractivity contribution in [3.63, 3.8) is 0 Å². The number of aromatic nitrogens is 4. The van der Waals surface area contributed by atoms with Crippen LogP contribution in [0.25, 0.3) is 17.0 Å². The van der Waals surface area contributed by atoms with Gasteiger partial charge in [-0.2, -0.15) is 0 Å². The topological polar surface area (TPSA) is 76.4 Å². The minimum absolute atomic E-state index is 0.182. The van der Waals surface area contributed by atoms with Crippen LogP contribution in [0, 0.1) is 5.82 Å². The van der Waals surface area contributed by atoms with Gasteiger partial charge in [-0.15, -0.1) is 0 Å². The molecule has 1 aliphatic heterocycles. The second-order valence-corrected chi connectivity index (χ2v) is 7.57. The first-order chi connectivity index (χ1) is 15.2. The van der Waals surface area contributed by atoms with E-state index in [1.54, 1.807) is 17.7 Å². The Morgan fingerprint density at radius 2 is 2.00 bits per heavy atom. The molecule has 31 heavy (non-hydrogen) atoms. The van der Waals surface area contributed by atoms with Gasteiger partial charge in [0.25, 0.3) is 0 Å². The van der Waals surface area contributed by atoms with Gasteiger partial charge in [-0.1, -0.05) is 12.1 Å². The highest BCUT2D eigenvalue weighted by molar-refractivity contribution is 5.66. The summed E-state index contributed by atoms with van der Waals surface area (Å²) in [5.41, 5.74) is 3.46. The van der Waals surface area contributed by atoms with E-state index in [-0.39, 0.29) is 11.6 Å². The molecular formula is C23H23FN6O. The van der Waals surface area contributed by atoms with Crippen molar-refractivity contribution < 1.29 is 9.13 Å². The number of ether oxygens (including phenoxy) is 1. The Morgan fingerprint density at radius 3 is 2.84 bits per heavy atom. The molecule has 0 amide bonds. The number of piperidine rings is 1. The van der Waals surface area contributed by atoms with Gasteiger partial charge >= 0.3 is 0 Å². The third-order valence-corrected chi connectivity index (χ3v) is 5.69. The molecule has 0 bridgehead atoms. The summed E-state index contributed by atoms with van der Waals surface area (Å²) in [6.07, 6.45) is 6.83. The molecule has 1 fully saturated rings. The molecule has 2 N–H and O–H groups in total. The number of pyridine rings is 1. The number of hydrogen-bond donors (Lipinski definition) is 2. The summed E-state index contributed by atoms with van der Waals surface area (Å²) in [6, 6.07) is 11.7. The quantitative estimate of drug-likeness (QED) is 0.507. The fraction of sp³-hybridized carbons (Fsp3) is 0.261. The average molecular weight is 418 g/mol. The van der Waals surface area contributed by atoms with Crippen molar-refractivity contribution in [3.05, 3.63) is 66.4 Å². The van der Waals surface area contributed by atoms with Crippen LogP contribution in [-0.4, -0.2) is 39.6 Å². The Bertz CT molecular complexity index is 1220. The summed E-state index contributed by atoms with van der Waals surface area (Å²) in [5.74, 6) is 1.01. The molecule has 0 unspecified atom stereocenters. The lowest BCUT2D eigenvalue weighted by molar-refractivity contribution is 0.413. The van der Waals surface area contributed by atoms with Crippen molar-refractivity contribution >= 4 is 17.3 Å². The predicted molar refractivity (Wildman–Crippen MR) is 117 cm³/mol. The van der Waals surface area contributed by atoms with E-state index in [9.17, 15) is 4.39 Å². The van der Waals surface area contributed by atoms with E-state index in [1.807, 2.05) is 30.5 Å². The number of methoxy groups -OCH3 is 1. The van der Waals surface area contributed by atoms with Crippen molar-refractivity contribution in [3.8, 4) is 17.1 Å². The van der Waals surface area contributed by atoms with Gasteiger partial charge in [0.2, 0.25) is 5.95 Å². The number of hydrogen-bond acceptors (Lipinski definition) is 6. The van der Waals surface area contributed by atoms with E-state index in [2.05, 4.69) is 37.7 Å². The molecule has 158 valence electrons. The molecule has 0 atom stereocenters. The lowest BCUT2D eigenvalue weighted by atomic mass is 9.90. The average Bonchev–Trinajstić information content (AvgIpc) is 3.25. The zero-order valence-electron chi connectivity index (χ0n) is 17.2. The molecular weight excluding hydrogens is 395 g/mol.